The van der Waals surface area contributed by atoms with E-state index in [1.54, 1.807) is 32.2 Å². The van der Waals surface area contributed by atoms with Crippen LogP contribution in [0.15, 0.2) is 26.8 Å². The Hall–Kier alpha value is -2.17. The van der Waals surface area contributed by atoms with E-state index in [9.17, 15) is 18.0 Å². The Kier molecular flexibility index (Phi) is 6.68. The van der Waals surface area contributed by atoms with Crippen molar-refractivity contribution in [2.24, 2.45) is 5.92 Å². The van der Waals surface area contributed by atoms with Gasteiger partial charge in [0.05, 0.1) is 19.6 Å². The number of piperidine rings is 1. The molecular formula is C20H26N2O6S2. The van der Waals surface area contributed by atoms with Crippen molar-refractivity contribution in [2.45, 2.75) is 37.4 Å². The molecule has 3 rings (SSSR count). The quantitative estimate of drug-likeness (QED) is 0.623. The molecule has 1 saturated heterocycles. The predicted octanol–water partition coefficient (Wildman–Crippen LogP) is 2.80. The molecule has 8 nitrogen and oxygen atoms in total. The second kappa shape index (κ2) is 8.91. The Bertz CT molecular complexity index is 1040. The molecule has 0 saturated carbocycles. The van der Waals surface area contributed by atoms with Crippen molar-refractivity contribution in [3.8, 4) is 0 Å². The highest BCUT2D eigenvalue weighted by atomic mass is 32.2. The van der Waals surface area contributed by atoms with E-state index in [0.717, 1.165) is 4.88 Å². The first-order chi connectivity index (χ1) is 14.1. The number of furan rings is 1. The molecule has 0 aliphatic carbocycles. The van der Waals surface area contributed by atoms with Gasteiger partial charge in [-0.05, 0) is 44.9 Å². The molecule has 1 fully saturated rings. The van der Waals surface area contributed by atoms with Gasteiger partial charge in [0, 0.05) is 25.0 Å². The third-order valence-corrected chi connectivity index (χ3v) is 8.52. The van der Waals surface area contributed by atoms with Crippen LogP contribution in [-0.4, -0.2) is 56.7 Å². The van der Waals surface area contributed by atoms with Crippen LogP contribution in [0.3, 0.4) is 0 Å². The summed E-state index contributed by atoms with van der Waals surface area (Å²) in [6, 6.07) is 4.97. The summed E-state index contributed by atoms with van der Waals surface area (Å²) in [6.45, 7) is 4.28. The van der Waals surface area contributed by atoms with Crippen LogP contribution in [0.4, 0.5) is 0 Å². The highest BCUT2D eigenvalue weighted by Crippen LogP contribution is 2.29. The number of esters is 1. The predicted molar refractivity (Wildman–Crippen MR) is 112 cm³/mol. The number of hydrogen-bond donors (Lipinski definition) is 0. The molecule has 1 atom stereocenters. The molecule has 30 heavy (non-hydrogen) atoms. The van der Waals surface area contributed by atoms with Gasteiger partial charge in [-0.3, -0.25) is 4.79 Å². The zero-order valence-corrected chi connectivity index (χ0v) is 19.1. The van der Waals surface area contributed by atoms with Crippen molar-refractivity contribution < 1.29 is 27.2 Å². The van der Waals surface area contributed by atoms with Gasteiger partial charge in [-0.2, -0.15) is 4.31 Å². The molecule has 164 valence electrons. The maximum atomic E-state index is 13.0. The monoisotopic (exact) mass is 454 g/mol. The zero-order chi connectivity index (χ0) is 22.1. The molecule has 3 heterocycles. The minimum absolute atomic E-state index is 0.147. The number of nitrogens with zero attached hydrogens (tertiary/aromatic N) is 2. The zero-order valence-electron chi connectivity index (χ0n) is 17.5. The van der Waals surface area contributed by atoms with E-state index in [1.165, 1.54) is 27.7 Å². The molecule has 0 bridgehead atoms. The number of amides is 1. The van der Waals surface area contributed by atoms with Crippen molar-refractivity contribution >= 4 is 33.2 Å². The number of aryl methyl sites for hydroxylation is 2. The van der Waals surface area contributed by atoms with E-state index in [0.29, 0.717) is 40.7 Å². The van der Waals surface area contributed by atoms with Gasteiger partial charge in [0.2, 0.25) is 5.91 Å². The summed E-state index contributed by atoms with van der Waals surface area (Å²) in [5.74, 6) is -0.160. The Morgan fingerprint density at radius 2 is 2.07 bits per heavy atom. The number of carbonyl (C=O) groups is 2. The largest absolute Gasteiger partial charge is 0.465 e. The topological polar surface area (TPSA) is 97.1 Å². The van der Waals surface area contributed by atoms with E-state index in [4.69, 9.17) is 9.15 Å². The standard InChI is InChI=1S/C20H26N2O6S2/c1-13-7-8-18(29-13)30(25,26)22-9-5-6-15(11-22)19(23)21(3)12-16-10-17(14(2)28-16)20(24)27-4/h7-8,10,15H,5-6,9,11-12H2,1-4H3. The van der Waals surface area contributed by atoms with Crippen LogP contribution in [0.2, 0.25) is 0 Å². The normalized spacial score (nSPS) is 17.7. The van der Waals surface area contributed by atoms with Gasteiger partial charge in [0.15, 0.2) is 0 Å². The fourth-order valence-corrected chi connectivity index (χ4v) is 6.56. The summed E-state index contributed by atoms with van der Waals surface area (Å²) in [7, 11) is -0.653. The number of sulfonamides is 1. The Balaban J connectivity index is 1.68. The molecule has 1 unspecified atom stereocenters. The summed E-state index contributed by atoms with van der Waals surface area (Å²) in [5.41, 5.74) is 0.328. The average Bonchev–Trinajstić information content (AvgIpc) is 3.32. The van der Waals surface area contributed by atoms with Crippen molar-refractivity contribution in [3.05, 3.63) is 40.2 Å². The Labute approximate surface area is 180 Å². The molecule has 0 aromatic carbocycles. The van der Waals surface area contributed by atoms with E-state index in [-0.39, 0.29) is 19.0 Å². The third kappa shape index (κ3) is 4.60. The van der Waals surface area contributed by atoms with Crippen LogP contribution in [0.25, 0.3) is 0 Å². The summed E-state index contributed by atoms with van der Waals surface area (Å²) in [4.78, 5) is 27.1. The van der Waals surface area contributed by atoms with Crippen LogP contribution in [0.5, 0.6) is 0 Å². The first-order valence-corrected chi connectivity index (χ1v) is 11.9. The first kappa shape index (κ1) is 22.5. The molecule has 0 radical (unpaired) electrons. The molecule has 2 aromatic rings. The molecule has 0 N–H and O–H groups in total. The molecule has 1 amide bonds. The number of methoxy groups -OCH3 is 1. The lowest BCUT2D eigenvalue weighted by molar-refractivity contribution is -0.136. The molecule has 1 aliphatic rings. The van der Waals surface area contributed by atoms with E-state index >= 15 is 0 Å². The lowest BCUT2D eigenvalue weighted by Gasteiger charge is -2.32. The molecule has 1 aliphatic heterocycles. The number of rotatable bonds is 6. The number of carbonyl (C=O) groups excluding carboxylic acids is 2. The lowest BCUT2D eigenvalue weighted by Crippen LogP contribution is -2.45. The maximum Gasteiger partial charge on any atom is 0.341 e. The first-order valence-electron chi connectivity index (χ1n) is 9.62. The highest BCUT2D eigenvalue weighted by molar-refractivity contribution is 7.91. The maximum absolute atomic E-state index is 13.0. The fourth-order valence-electron chi connectivity index (χ4n) is 3.60. The fraction of sp³-hybridized carbons (Fsp3) is 0.500. The number of hydrogen-bond acceptors (Lipinski definition) is 7. The second-order valence-electron chi connectivity index (χ2n) is 7.44. The van der Waals surface area contributed by atoms with Crippen molar-refractivity contribution in [3.63, 3.8) is 0 Å². The Morgan fingerprint density at radius 3 is 2.70 bits per heavy atom. The van der Waals surface area contributed by atoms with E-state index in [1.807, 2.05) is 6.92 Å². The highest BCUT2D eigenvalue weighted by Gasteiger charge is 2.35. The van der Waals surface area contributed by atoms with Crippen molar-refractivity contribution in [1.29, 1.82) is 0 Å². The summed E-state index contributed by atoms with van der Waals surface area (Å²) in [6.07, 6.45) is 1.25. The van der Waals surface area contributed by atoms with E-state index < -0.39 is 21.9 Å². The van der Waals surface area contributed by atoms with Gasteiger partial charge in [-0.25, -0.2) is 13.2 Å². The average molecular weight is 455 g/mol. The van der Waals surface area contributed by atoms with Crippen LogP contribution in [0.1, 0.15) is 39.6 Å². The van der Waals surface area contributed by atoms with Gasteiger partial charge in [-0.1, -0.05) is 0 Å². The van der Waals surface area contributed by atoms with Gasteiger partial charge >= 0.3 is 5.97 Å². The van der Waals surface area contributed by atoms with Gasteiger partial charge in [0.1, 0.15) is 21.3 Å². The van der Waals surface area contributed by atoms with Crippen LogP contribution in [0, 0.1) is 19.8 Å². The lowest BCUT2D eigenvalue weighted by atomic mass is 9.98. The number of ether oxygens (including phenoxy) is 1. The molecule has 0 spiro atoms. The molecule has 10 heteroatoms. The number of thiophene rings is 1. The molecular weight excluding hydrogens is 428 g/mol. The van der Waals surface area contributed by atoms with Crippen LogP contribution in [-0.2, 0) is 26.1 Å². The van der Waals surface area contributed by atoms with Crippen molar-refractivity contribution in [1.82, 2.24) is 9.21 Å². The smallest absolute Gasteiger partial charge is 0.341 e. The minimum Gasteiger partial charge on any atom is -0.465 e. The summed E-state index contributed by atoms with van der Waals surface area (Å²) >= 11 is 1.24. The van der Waals surface area contributed by atoms with Gasteiger partial charge < -0.3 is 14.1 Å². The van der Waals surface area contributed by atoms with Gasteiger partial charge in [-0.15, -0.1) is 11.3 Å². The molecule has 2 aromatic heterocycles. The Morgan fingerprint density at radius 1 is 1.33 bits per heavy atom. The van der Waals surface area contributed by atoms with E-state index in [2.05, 4.69) is 0 Å². The third-order valence-electron chi connectivity index (χ3n) is 5.19. The second-order valence-corrected chi connectivity index (χ2v) is 10.9. The summed E-state index contributed by atoms with van der Waals surface area (Å²) < 4.78 is 37.8. The summed E-state index contributed by atoms with van der Waals surface area (Å²) in [5, 5.41) is 0. The van der Waals surface area contributed by atoms with Gasteiger partial charge in [0.25, 0.3) is 10.0 Å². The van der Waals surface area contributed by atoms with Crippen molar-refractivity contribution in [2.75, 3.05) is 27.2 Å². The minimum atomic E-state index is -3.60. The van der Waals surface area contributed by atoms with Crippen LogP contribution >= 0.6 is 11.3 Å². The van der Waals surface area contributed by atoms with Crippen LogP contribution < -0.4 is 0 Å². The SMILES string of the molecule is COC(=O)c1cc(CN(C)C(=O)C2CCCN(S(=O)(=O)c3ccc(C)s3)C2)oc1C.